The lowest BCUT2D eigenvalue weighted by Gasteiger charge is -2.11. The molecule has 0 saturated heterocycles. The van der Waals surface area contributed by atoms with Gasteiger partial charge in [-0.3, -0.25) is 4.57 Å². The average molecular weight is 471 g/mol. The first-order valence-electron chi connectivity index (χ1n) is 10.5. The molecule has 0 N–H and O–H groups in total. The van der Waals surface area contributed by atoms with E-state index < -0.39 is 10.0 Å². The minimum Gasteiger partial charge on any atom is -0.383 e. The molecule has 2 aromatic carbocycles. The molecule has 0 aliphatic rings. The zero-order valence-corrected chi connectivity index (χ0v) is 19.9. The highest BCUT2D eigenvalue weighted by molar-refractivity contribution is 7.99. The third-order valence-electron chi connectivity index (χ3n) is 5.34. The van der Waals surface area contributed by atoms with Gasteiger partial charge in [0.25, 0.3) is 10.0 Å². The largest absolute Gasteiger partial charge is 0.383 e. The van der Waals surface area contributed by atoms with Gasteiger partial charge in [-0.1, -0.05) is 62.0 Å². The van der Waals surface area contributed by atoms with Crippen molar-refractivity contribution in [2.45, 2.75) is 42.1 Å². The normalized spacial score (nSPS) is 13.0. The van der Waals surface area contributed by atoms with Gasteiger partial charge in [0.1, 0.15) is 0 Å². The third-order valence-corrected chi connectivity index (χ3v) is 8.27. The van der Waals surface area contributed by atoms with Crippen LogP contribution in [0.3, 0.4) is 0 Å². The summed E-state index contributed by atoms with van der Waals surface area (Å²) in [6.45, 7) is 5.36. The Morgan fingerprint density at radius 2 is 1.78 bits per heavy atom. The number of hydrogen-bond donors (Lipinski definition) is 0. The molecule has 4 aromatic rings. The van der Waals surface area contributed by atoms with Crippen LogP contribution in [0.15, 0.2) is 70.8 Å². The molecule has 7 nitrogen and oxygen atoms in total. The van der Waals surface area contributed by atoms with E-state index in [1.165, 1.54) is 3.97 Å². The molecule has 2 heterocycles. The summed E-state index contributed by atoms with van der Waals surface area (Å²) in [5.74, 6) is 0.631. The fraction of sp³-hybridized carbons (Fsp3) is 0.304. The smallest absolute Gasteiger partial charge is 0.268 e. The van der Waals surface area contributed by atoms with Gasteiger partial charge in [0.05, 0.1) is 23.6 Å². The van der Waals surface area contributed by atoms with E-state index in [9.17, 15) is 8.42 Å². The summed E-state index contributed by atoms with van der Waals surface area (Å²) in [6.07, 6.45) is 2.66. The summed E-state index contributed by atoms with van der Waals surface area (Å²) in [5.41, 5.74) is 1.32. The van der Waals surface area contributed by atoms with Gasteiger partial charge in [0.15, 0.2) is 11.0 Å². The summed E-state index contributed by atoms with van der Waals surface area (Å²) in [4.78, 5) is 0.237. The van der Waals surface area contributed by atoms with Crippen LogP contribution in [0, 0.1) is 0 Å². The standard InChI is InChI=1S/C23H26N4O3S2/c1-4-17(2)31-23-25-24-22(26(23)14-15-30-3)20-16-27(21-13-9-8-12-19(20)21)32(28,29)18-10-6-5-7-11-18/h5-13,16-17H,4,14-15H2,1-3H3. The second kappa shape index (κ2) is 9.48. The zero-order valence-electron chi connectivity index (χ0n) is 18.3. The first-order chi connectivity index (χ1) is 15.5. The second-order valence-electron chi connectivity index (χ2n) is 7.46. The predicted octanol–water partition coefficient (Wildman–Crippen LogP) is 4.67. The molecule has 0 aliphatic carbocycles. The quantitative estimate of drug-likeness (QED) is 0.331. The SMILES string of the molecule is CCC(C)Sc1nnc(-c2cn(S(=O)(=O)c3ccccc3)c3ccccc23)n1CCOC. The van der Waals surface area contributed by atoms with Crippen LogP contribution in [0.25, 0.3) is 22.3 Å². The number of fused-ring (bicyclic) bond motifs is 1. The molecular formula is C23H26N4O3S2. The van der Waals surface area contributed by atoms with Gasteiger partial charge in [-0.25, -0.2) is 12.4 Å². The molecule has 1 unspecified atom stereocenters. The van der Waals surface area contributed by atoms with Crippen molar-refractivity contribution in [3.8, 4) is 11.4 Å². The van der Waals surface area contributed by atoms with Gasteiger partial charge in [-0.15, -0.1) is 10.2 Å². The highest BCUT2D eigenvalue weighted by Crippen LogP contribution is 2.34. The summed E-state index contributed by atoms with van der Waals surface area (Å²) in [6, 6.07) is 15.9. The van der Waals surface area contributed by atoms with Crippen LogP contribution in [0.5, 0.6) is 0 Å². The van der Waals surface area contributed by atoms with Crippen molar-refractivity contribution < 1.29 is 13.2 Å². The molecule has 32 heavy (non-hydrogen) atoms. The lowest BCUT2D eigenvalue weighted by atomic mass is 10.1. The Morgan fingerprint density at radius 3 is 2.50 bits per heavy atom. The van der Waals surface area contributed by atoms with E-state index in [1.807, 2.05) is 28.8 Å². The molecule has 2 aromatic heterocycles. The van der Waals surface area contributed by atoms with Crippen LogP contribution in [-0.2, 0) is 21.3 Å². The summed E-state index contributed by atoms with van der Waals surface area (Å²) in [7, 11) is -2.11. The number of rotatable bonds is 9. The Morgan fingerprint density at radius 1 is 1.06 bits per heavy atom. The number of benzene rings is 2. The van der Waals surface area contributed by atoms with Gasteiger partial charge in [0.2, 0.25) is 0 Å². The van der Waals surface area contributed by atoms with Crippen LogP contribution in [0.4, 0.5) is 0 Å². The van der Waals surface area contributed by atoms with Crippen LogP contribution in [-0.4, -0.2) is 46.1 Å². The number of aromatic nitrogens is 4. The molecule has 0 spiro atoms. The lowest BCUT2D eigenvalue weighted by molar-refractivity contribution is 0.185. The Hall–Kier alpha value is -2.62. The molecule has 0 saturated carbocycles. The molecule has 0 radical (unpaired) electrons. The molecule has 0 bridgehead atoms. The van der Waals surface area contributed by atoms with Gasteiger partial charge in [-0.05, 0) is 24.6 Å². The molecule has 1 atom stereocenters. The van der Waals surface area contributed by atoms with E-state index in [-0.39, 0.29) is 4.90 Å². The number of nitrogens with zero attached hydrogens (tertiary/aromatic N) is 4. The van der Waals surface area contributed by atoms with E-state index in [0.717, 1.165) is 22.5 Å². The molecule has 0 amide bonds. The van der Waals surface area contributed by atoms with Crippen molar-refractivity contribution >= 4 is 32.7 Å². The summed E-state index contributed by atoms with van der Waals surface area (Å²) >= 11 is 1.66. The maximum Gasteiger partial charge on any atom is 0.268 e. The second-order valence-corrected chi connectivity index (χ2v) is 10.7. The van der Waals surface area contributed by atoms with Gasteiger partial charge < -0.3 is 4.74 Å². The number of ether oxygens (including phenoxy) is 1. The predicted molar refractivity (Wildman–Crippen MR) is 127 cm³/mol. The fourth-order valence-corrected chi connectivity index (χ4v) is 5.77. The highest BCUT2D eigenvalue weighted by Gasteiger charge is 2.25. The minimum atomic E-state index is -3.77. The number of methoxy groups -OCH3 is 1. The van der Waals surface area contributed by atoms with Crippen molar-refractivity contribution in [3.63, 3.8) is 0 Å². The van der Waals surface area contributed by atoms with Crippen molar-refractivity contribution in [1.82, 2.24) is 18.7 Å². The van der Waals surface area contributed by atoms with E-state index in [0.29, 0.717) is 29.7 Å². The van der Waals surface area contributed by atoms with Crippen molar-refractivity contribution in [1.29, 1.82) is 0 Å². The molecule has 168 valence electrons. The fourth-order valence-electron chi connectivity index (χ4n) is 3.46. The minimum absolute atomic E-state index is 0.237. The van der Waals surface area contributed by atoms with Crippen LogP contribution < -0.4 is 0 Å². The van der Waals surface area contributed by atoms with Crippen LogP contribution in [0.2, 0.25) is 0 Å². The Balaban J connectivity index is 1.90. The van der Waals surface area contributed by atoms with Gasteiger partial charge >= 0.3 is 0 Å². The summed E-state index contributed by atoms with van der Waals surface area (Å²) < 4.78 is 35.5. The number of hydrogen-bond acceptors (Lipinski definition) is 6. The third kappa shape index (κ3) is 4.20. The van der Waals surface area contributed by atoms with E-state index in [4.69, 9.17) is 4.74 Å². The van der Waals surface area contributed by atoms with Crippen molar-refractivity contribution in [2.24, 2.45) is 0 Å². The Kier molecular flexibility index (Phi) is 6.68. The van der Waals surface area contributed by atoms with Crippen LogP contribution in [0.1, 0.15) is 20.3 Å². The lowest BCUT2D eigenvalue weighted by Crippen LogP contribution is -2.11. The van der Waals surface area contributed by atoms with E-state index in [1.54, 1.807) is 55.4 Å². The van der Waals surface area contributed by atoms with E-state index in [2.05, 4.69) is 24.0 Å². The van der Waals surface area contributed by atoms with Crippen molar-refractivity contribution in [3.05, 3.63) is 60.8 Å². The van der Waals surface area contributed by atoms with Gasteiger partial charge in [0, 0.05) is 29.5 Å². The molecule has 4 rings (SSSR count). The average Bonchev–Trinajstić information content (AvgIpc) is 3.39. The van der Waals surface area contributed by atoms with Crippen LogP contribution >= 0.6 is 11.8 Å². The maximum atomic E-state index is 13.4. The molecule has 0 fully saturated rings. The number of thioether (sulfide) groups is 1. The number of para-hydroxylation sites is 1. The van der Waals surface area contributed by atoms with Gasteiger partial charge in [-0.2, -0.15) is 0 Å². The van der Waals surface area contributed by atoms with E-state index >= 15 is 0 Å². The first kappa shape index (κ1) is 22.6. The Bertz CT molecular complexity index is 1310. The maximum absolute atomic E-state index is 13.4. The summed E-state index contributed by atoms with van der Waals surface area (Å²) in [5, 5.41) is 10.9. The topological polar surface area (TPSA) is 79.0 Å². The molecule has 9 heteroatoms. The van der Waals surface area contributed by atoms with Crippen molar-refractivity contribution in [2.75, 3.05) is 13.7 Å². The molecular weight excluding hydrogens is 444 g/mol. The first-order valence-corrected chi connectivity index (χ1v) is 12.8. The molecule has 0 aliphatic heterocycles. The highest BCUT2D eigenvalue weighted by atomic mass is 32.2. The zero-order chi connectivity index (χ0) is 22.7. The monoisotopic (exact) mass is 470 g/mol. The Labute approximate surface area is 192 Å².